The fourth-order valence-electron chi connectivity index (χ4n) is 2.83. The number of rotatable bonds is 3. The molecule has 0 saturated heterocycles. The van der Waals surface area contributed by atoms with Crippen molar-refractivity contribution in [2.75, 3.05) is 5.32 Å². The second-order valence-corrected chi connectivity index (χ2v) is 6.38. The summed E-state index contributed by atoms with van der Waals surface area (Å²) in [6.45, 7) is 6.37. The number of anilines is 1. The van der Waals surface area contributed by atoms with Gasteiger partial charge in [0.1, 0.15) is 5.69 Å². The van der Waals surface area contributed by atoms with Crippen LogP contribution in [0.4, 0.5) is 5.69 Å². The molecule has 2 aromatic carbocycles. The van der Waals surface area contributed by atoms with Crippen molar-refractivity contribution in [2.45, 2.75) is 26.7 Å². The van der Waals surface area contributed by atoms with Gasteiger partial charge >= 0.3 is 0 Å². The molecule has 23 heavy (non-hydrogen) atoms. The molecule has 3 heteroatoms. The number of hydrogen-bond donors (Lipinski definition) is 1. The third-order valence-electron chi connectivity index (χ3n) is 4.27. The summed E-state index contributed by atoms with van der Waals surface area (Å²) in [6, 6.07) is 16.2. The van der Waals surface area contributed by atoms with E-state index in [9.17, 15) is 4.79 Å². The van der Waals surface area contributed by atoms with Crippen molar-refractivity contribution in [3.8, 4) is 0 Å². The highest BCUT2D eigenvalue weighted by molar-refractivity contribution is 6.06. The van der Waals surface area contributed by atoms with Gasteiger partial charge in [0.05, 0.1) is 0 Å². The van der Waals surface area contributed by atoms with Crippen LogP contribution in [0.2, 0.25) is 0 Å². The first-order chi connectivity index (χ1) is 11.0. The quantitative estimate of drug-likeness (QED) is 0.736. The molecule has 3 rings (SSSR count). The molecule has 0 bridgehead atoms. The lowest BCUT2D eigenvalue weighted by Gasteiger charge is -2.09. The number of carbonyl (C=O) groups is 1. The zero-order valence-electron chi connectivity index (χ0n) is 14.1. The van der Waals surface area contributed by atoms with Crippen LogP contribution in [0.3, 0.4) is 0 Å². The highest BCUT2D eigenvalue weighted by atomic mass is 16.1. The second kappa shape index (κ2) is 5.92. The third kappa shape index (κ3) is 3.00. The number of fused-ring (bicyclic) bond motifs is 1. The molecule has 0 radical (unpaired) electrons. The van der Waals surface area contributed by atoms with Gasteiger partial charge < -0.3 is 9.88 Å². The van der Waals surface area contributed by atoms with Crippen LogP contribution in [0.5, 0.6) is 0 Å². The van der Waals surface area contributed by atoms with Crippen molar-refractivity contribution >= 4 is 22.5 Å². The minimum absolute atomic E-state index is 0.0846. The van der Waals surface area contributed by atoms with Crippen molar-refractivity contribution < 1.29 is 4.79 Å². The molecule has 0 fully saturated rings. The Morgan fingerprint density at radius 1 is 1.04 bits per heavy atom. The zero-order valence-corrected chi connectivity index (χ0v) is 14.1. The Labute approximate surface area is 136 Å². The number of carbonyl (C=O) groups excluding carboxylic acids is 1. The largest absolute Gasteiger partial charge is 0.340 e. The number of nitrogens with zero attached hydrogens (tertiary/aromatic N) is 1. The van der Waals surface area contributed by atoms with Gasteiger partial charge in [0, 0.05) is 23.6 Å². The Morgan fingerprint density at radius 3 is 2.39 bits per heavy atom. The molecule has 0 spiro atoms. The third-order valence-corrected chi connectivity index (χ3v) is 4.27. The Hall–Kier alpha value is -2.55. The van der Waals surface area contributed by atoms with Crippen LogP contribution in [0.1, 0.15) is 41.4 Å². The predicted octanol–water partition coefficient (Wildman–Crippen LogP) is 4.86. The number of nitrogens with one attached hydrogen (secondary N) is 1. The van der Waals surface area contributed by atoms with Gasteiger partial charge in [-0.25, -0.2) is 0 Å². The number of aryl methyl sites for hydroxylation is 2. The Kier molecular flexibility index (Phi) is 3.95. The van der Waals surface area contributed by atoms with Crippen LogP contribution in [0.15, 0.2) is 48.5 Å². The summed E-state index contributed by atoms with van der Waals surface area (Å²) in [6.07, 6.45) is 0. The summed E-state index contributed by atoms with van der Waals surface area (Å²) in [4.78, 5) is 12.6. The first kappa shape index (κ1) is 15.3. The molecule has 118 valence electrons. The zero-order chi connectivity index (χ0) is 16.6. The molecule has 0 aliphatic rings. The van der Waals surface area contributed by atoms with E-state index in [0.29, 0.717) is 11.6 Å². The highest BCUT2D eigenvalue weighted by Crippen LogP contribution is 2.22. The van der Waals surface area contributed by atoms with Crippen LogP contribution in [0.25, 0.3) is 10.9 Å². The van der Waals surface area contributed by atoms with Gasteiger partial charge in [-0.05, 0) is 48.7 Å². The van der Waals surface area contributed by atoms with Crippen molar-refractivity contribution in [1.82, 2.24) is 4.57 Å². The van der Waals surface area contributed by atoms with Crippen molar-refractivity contribution in [3.63, 3.8) is 0 Å². The van der Waals surface area contributed by atoms with Gasteiger partial charge in [-0.15, -0.1) is 0 Å². The van der Waals surface area contributed by atoms with E-state index in [4.69, 9.17) is 0 Å². The lowest BCUT2D eigenvalue weighted by atomic mass is 10.0. The first-order valence-corrected chi connectivity index (χ1v) is 7.93. The summed E-state index contributed by atoms with van der Waals surface area (Å²) in [5, 5.41) is 4.07. The smallest absolute Gasteiger partial charge is 0.272 e. The first-order valence-electron chi connectivity index (χ1n) is 7.93. The molecule has 1 N–H and O–H groups in total. The minimum Gasteiger partial charge on any atom is -0.340 e. The molecule has 0 atom stereocenters. The Morgan fingerprint density at radius 2 is 1.74 bits per heavy atom. The van der Waals surface area contributed by atoms with Crippen LogP contribution >= 0.6 is 0 Å². The average molecular weight is 306 g/mol. The van der Waals surface area contributed by atoms with E-state index < -0.39 is 0 Å². The molecule has 1 heterocycles. The fraction of sp³-hybridized carbons (Fsp3) is 0.250. The summed E-state index contributed by atoms with van der Waals surface area (Å²) in [7, 11) is 1.93. The van der Waals surface area contributed by atoms with Crippen LogP contribution in [-0.2, 0) is 7.05 Å². The number of benzene rings is 2. The van der Waals surface area contributed by atoms with E-state index in [1.807, 2.05) is 29.8 Å². The molecular formula is C20H22N2O. The minimum atomic E-state index is -0.0846. The van der Waals surface area contributed by atoms with Crippen molar-refractivity contribution in [1.29, 1.82) is 0 Å². The molecule has 0 aliphatic heterocycles. The van der Waals surface area contributed by atoms with Gasteiger partial charge in [-0.3, -0.25) is 4.79 Å². The van der Waals surface area contributed by atoms with Crippen LogP contribution in [0, 0.1) is 6.92 Å². The van der Waals surface area contributed by atoms with E-state index in [1.165, 1.54) is 11.1 Å². The second-order valence-electron chi connectivity index (χ2n) is 6.38. The normalized spacial score (nSPS) is 11.2. The van der Waals surface area contributed by atoms with E-state index in [1.54, 1.807) is 0 Å². The van der Waals surface area contributed by atoms with Crippen LogP contribution in [-0.4, -0.2) is 10.5 Å². The Bertz CT molecular complexity index is 857. The van der Waals surface area contributed by atoms with Crippen LogP contribution < -0.4 is 5.32 Å². The fourth-order valence-corrected chi connectivity index (χ4v) is 2.83. The Balaban J connectivity index is 1.87. The van der Waals surface area contributed by atoms with Gasteiger partial charge in [0.2, 0.25) is 0 Å². The van der Waals surface area contributed by atoms with E-state index in [0.717, 1.165) is 16.6 Å². The topological polar surface area (TPSA) is 34.0 Å². The molecule has 1 aromatic heterocycles. The van der Waals surface area contributed by atoms with Crippen molar-refractivity contribution in [3.05, 3.63) is 65.4 Å². The summed E-state index contributed by atoms with van der Waals surface area (Å²) in [5.74, 6) is 0.403. The lowest BCUT2D eigenvalue weighted by molar-refractivity contribution is 0.102. The van der Waals surface area contributed by atoms with Gasteiger partial charge in [0.25, 0.3) is 5.91 Å². The highest BCUT2D eigenvalue weighted by Gasteiger charge is 2.13. The lowest BCUT2D eigenvalue weighted by Crippen LogP contribution is -2.15. The van der Waals surface area contributed by atoms with E-state index in [2.05, 4.69) is 56.4 Å². The average Bonchev–Trinajstić information content (AvgIpc) is 2.84. The summed E-state index contributed by atoms with van der Waals surface area (Å²) < 4.78 is 1.94. The summed E-state index contributed by atoms with van der Waals surface area (Å²) >= 11 is 0. The van der Waals surface area contributed by atoms with E-state index >= 15 is 0 Å². The summed E-state index contributed by atoms with van der Waals surface area (Å²) in [5.41, 5.74) is 5.01. The monoisotopic (exact) mass is 306 g/mol. The number of amides is 1. The van der Waals surface area contributed by atoms with E-state index in [-0.39, 0.29) is 5.91 Å². The van der Waals surface area contributed by atoms with Crippen molar-refractivity contribution in [2.24, 2.45) is 7.05 Å². The van der Waals surface area contributed by atoms with Gasteiger partial charge in [-0.1, -0.05) is 37.6 Å². The molecular weight excluding hydrogens is 284 g/mol. The molecule has 3 nitrogen and oxygen atoms in total. The van der Waals surface area contributed by atoms with Gasteiger partial charge in [-0.2, -0.15) is 0 Å². The maximum atomic E-state index is 12.6. The molecule has 0 aliphatic carbocycles. The SMILES string of the molecule is Cc1ccc2c(c1)cc(C(=O)Nc1ccc(C(C)C)cc1)n2C. The van der Waals surface area contributed by atoms with Gasteiger partial charge in [0.15, 0.2) is 0 Å². The molecule has 0 saturated carbocycles. The predicted molar refractivity (Wildman–Crippen MR) is 96.1 cm³/mol. The number of aromatic nitrogens is 1. The molecule has 3 aromatic rings. The molecule has 0 unspecified atom stereocenters. The number of hydrogen-bond acceptors (Lipinski definition) is 1. The maximum Gasteiger partial charge on any atom is 0.272 e. The standard InChI is InChI=1S/C20H22N2O/c1-13(2)15-6-8-17(9-7-15)21-20(23)19-12-16-11-14(3)5-10-18(16)22(19)4/h5-13H,1-4H3,(H,21,23). The molecule has 1 amide bonds. The maximum absolute atomic E-state index is 12.6.